The molecule has 0 atom stereocenters. The molecule has 0 spiro atoms. The predicted octanol–water partition coefficient (Wildman–Crippen LogP) is 2.14. The fourth-order valence-electron chi connectivity index (χ4n) is 1.15. The SMILES string of the molecule is COc1c(C#CCBr)cccc1C(=O)O. The Morgan fingerprint density at radius 2 is 2.33 bits per heavy atom. The van der Waals surface area contributed by atoms with Crippen molar-refractivity contribution in [2.24, 2.45) is 0 Å². The van der Waals surface area contributed by atoms with E-state index >= 15 is 0 Å². The summed E-state index contributed by atoms with van der Waals surface area (Å²) in [5, 5.41) is 9.44. The van der Waals surface area contributed by atoms with Gasteiger partial charge in [0.25, 0.3) is 0 Å². The zero-order valence-corrected chi connectivity index (χ0v) is 9.67. The maximum Gasteiger partial charge on any atom is 0.339 e. The highest BCUT2D eigenvalue weighted by molar-refractivity contribution is 9.09. The van der Waals surface area contributed by atoms with Gasteiger partial charge in [0.05, 0.1) is 18.0 Å². The number of carboxylic acids is 1. The van der Waals surface area contributed by atoms with Crippen molar-refractivity contribution >= 4 is 21.9 Å². The molecule has 0 aliphatic rings. The van der Waals surface area contributed by atoms with E-state index in [0.717, 1.165) is 0 Å². The lowest BCUT2D eigenvalue weighted by Gasteiger charge is -2.06. The maximum atomic E-state index is 10.9. The highest BCUT2D eigenvalue weighted by Gasteiger charge is 2.12. The van der Waals surface area contributed by atoms with Crippen LogP contribution in [0.4, 0.5) is 0 Å². The second kappa shape index (κ2) is 5.42. The van der Waals surface area contributed by atoms with Crippen molar-refractivity contribution in [1.29, 1.82) is 0 Å². The number of aromatic carboxylic acids is 1. The molecule has 15 heavy (non-hydrogen) atoms. The third kappa shape index (κ3) is 2.74. The molecule has 0 bridgehead atoms. The Hall–Kier alpha value is -1.47. The summed E-state index contributed by atoms with van der Waals surface area (Å²) in [6.45, 7) is 0. The minimum absolute atomic E-state index is 0.124. The van der Waals surface area contributed by atoms with Gasteiger partial charge in [-0.05, 0) is 12.1 Å². The van der Waals surface area contributed by atoms with Gasteiger partial charge in [0.1, 0.15) is 11.3 Å². The average molecular weight is 269 g/mol. The molecule has 4 heteroatoms. The van der Waals surface area contributed by atoms with E-state index in [1.54, 1.807) is 12.1 Å². The molecule has 0 heterocycles. The molecule has 0 saturated heterocycles. The van der Waals surface area contributed by atoms with E-state index < -0.39 is 5.97 Å². The summed E-state index contributed by atoms with van der Waals surface area (Å²) in [6.07, 6.45) is 0. The molecule has 0 unspecified atom stereocenters. The van der Waals surface area contributed by atoms with Gasteiger partial charge in [0.15, 0.2) is 0 Å². The molecule has 78 valence electrons. The van der Waals surface area contributed by atoms with Crippen molar-refractivity contribution in [3.05, 3.63) is 29.3 Å². The van der Waals surface area contributed by atoms with Gasteiger partial charge in [-0.15, -0.1) is 0 Å². The summed E-state index contributed by atoms with van der Waals surface area (Å²) in [6, 6.07) is 4.85. The number of ether oxygens (including phenoxy) is 1. The fraction of sp³-hybridized carbons (Fsp3) is 0.182. The summed E-state index contributed by atoms with van der Waals surface area (Å²) in [7, 11) is 1.43. The van der Waals surface area contributed by atoms with Gasteiger partial charge in [-0.3, -0.25) is 0 Å². The number of hydrogen-bond acceptors (Lipinski definition) is 2. The summed E-state index contributed by atoms with van der Waals surface area (Å²) in [4.78, 5) is 10.9. The van der Waals surface area contributed by atoms with E-state index in [1.807, 2.05) is 0 Å². The van der Waals surface area contributed by atoms with Crippen LogP contribution in [0.1, 0.15) is 15.9 Å². The van der Waals surface area contributed by atoms with Gasteiger partial charge in [-0.2, -0.15) is 0 Å². The molecular formula is C11H9BrO3. The summed E-state index contributed by atoms with van der Waals surface area (Å²) in [5.41, 5.74) is 0.704. The van der Waals surface area contributed by atoms with Crippen molar-refractivity contribution in [2.75, 3.05) is 12.4 Å². The Kier molecular flexibility index (Phi) is 4.19. The lowest BCUT2D eigenvalue weighted by atomic mass is 10.1. The normalized spacial score (nSPS) is 8.93. The van der Waals surface area contributed by atoms with Crippen molar-refractivity contribution in [3.8, 4) is 17.6 Å². The smallest absolute Gasteiger partial charge is 0.339 e. The highest BCUT2D eigenvalue weighted by Crippen LogP contribution is 2.22. The summed E-state index contributed by atoms with van der Waals surface area (Å²) in [5.74, 6) is 4.91. The Labute approximate surface area is 96.2 Å². The molecule has 0 fully saturated rings. The number of alkyl halides is 1. The van der Waals surface area contributed by atoms with Gasteiger partial charge in [0.2, 0.25) is 0 Å². The molecule has 1 rings (SSSR count). The summed E-state index contributed by atoms with van der Waals surface area (Å²) < 4.78 is 5.04. The van der Waals surface area contributed by atoms with E-state index in [9.17, 15) is 4.79 Å². The Balaban J connectivity index is 3.28. The number of rotatable bonds is 2. The second-order valence-corrected chi connectivity index (χ2v) is 3.19. The van der Waals surface area contributed by atoms with Gasteiger partial charge >= 0.3 is 5.97 Å². The number of methoxy groups -OCH3 is 1. The van der Waals surface area contributed by atoms with Crippen molar-refractivity contribution < 1.29 is 14.6 Å². The van der Waals surface area contributed by atoms with Crippen LogP contribution < -0.4 is 4.74 Å². The second-order valence-electron chi connectivity index (χ2n) is 2.63. The van der Waals surface area contributed by atoms with Gasteiger partial charge in [0, 0.05) is 0 Å². The Bertz CT molecular complexity index is 429. The van der Waals surface area contributed by atoms with Crippen LogP contribution in [0.3, 0.4) is 0 Å². The largest absolute Gasteiger partial charge is 0.495 e. The number of carbonyl (C=O) groups is 1. The molecule has 0 aliphatic carbocycles. The van der Waals surface area contributed by atoms with Crippen LogP contribution in [0.5, 0.6) is 5.75 Å². The van der Waals surface area contributed by atoms with E-state index in [0.29, 0.717) is 16.6 Å². The topological polar surface area (TPSA) is 46.5 Å². The van der Waals surface area contributed by atoms with Gasteiger partial charge in [-0.25, -0.2) is 4.79 Å². The Morgan fingerprint density at radius 3 is 2.87 bits per heavy atom. The first kappa shape index (κ1) is 11.6. The summed E-state index contributed by atoms with van der Waals surface area (Å²) >= 11 is 3.17. The molecule has 0 radical (unpaired) electrons. The van der Waals surface area contributed by atoms with Crippen LogP contribution in [0.25, 0.3) is 0 Å². The van der Waals surface area contributed by atoms with Crippen LogP contribution in [0.2, 0.25) is 0 Å². The predicted molar refractivity (Wildman–Crippen MR) is 60.6 cm³/mol. The standard InChI is InChI=1S/C11H9BrO3/c1-15-10-8(5-3-7-12)4-2-6-9(10)11(13)14/h2,4,6H,7H2,1H3,(H,13,14). The van der Waals surface area contributed by atoms with Crippen molar-refractivity contribution in [2.45, 2.75) is 0 Å². The lowest BCUT2D eigenvalue weighted by Crippen LogP contribution is -2.01. The minimum atomic E-state index is -1.02. The van der Waals surface area contributed by atoms with E-state index in [4.69, 9.17) is 9.84 Å². The van der Waals surface area contributed by atoms with Crippen molar-refractivity contribution in [3.63, 3.8) is 0 Å². The minimum Gasteiger partial charge on any atom is -0.495 e. The van der Waals surface area contributed by atoms with Crippen LogP contribution in [0, 0.1) is 11.8 Å². The van der Waals surface area contributed by atoms with E-state index in [1.165, 1.54) is 13.2 Å². The molecule has 0 aromatic heterocycles. The van der Waals surface area contributed by atoms with Crippen LogP contribution >= 0.6 is 15.9 Å². The molecule has 3 nitrogen and oxygen atoms in total. The highest BCUT2D eigenvalue weighted by atomic mass is 79.9. The van der Waals surface area contributed by atoms with Crippen LogP contribution in [-0.2, 0) is 0 Å². The first-order chi connectivity index (χ1) is 7.20. The fourth-order valence-corrected chi connectivity index (χ4v) is 1.29. The van der Waals surface area contributed by atoms with E-state index in [-0.39, 0.29) is 5.56 Å². The maximum absolute atomic E-state index is 10.9. The number of halogens is 1. The van der Waals surface area contributed by atoms with Crippen LogP contribution in [0.15, 0.2) is 18.2 Å². The van der Waals surface area contributed by atoms with Gasteiger partial charge in [-0.1, -0.05) is 33.8 Å². The quantitative estimate of drug-likeness (QED) is 0.661. The number of carboxylic acid groups (broad SMARTS) is 1. The van der Waals surface area contributed by atoms with Crippen molar-refractivity contribution in [1.82, 2.24) is 0 Å². The number of benzene rings is 1. The molecule has 0 saturated carbocycles. The monoisotopic (exact) mass is 268 g/mol. The zero-order valence-electron chi connectivity index (χ0n) is 8.08. The van der Waals surface area contributed by atoms with E-state index in [2.05, 4.69) is 27.8 Å². The average Bonchev–Trinajstić information content (AvgIpc) is 2.25. The van der Waals surface area contributed by atoms with Gasteiger partial charge < -0.3 is 9.84 Å². The first-order valence-corrected chi connectivity index (χ1v) is 5.28. The Morgan fingerprint density at radius 1 is 1.60 bits per heavy atom. The number of hydrogen-bond donors (Lipinski definition) is 1. The molecule has 1 aromatic rings. The number of para-hydroxylation sites is 1. The first-order valence-electron chi connectivity index (χ1n) is 4.15. The zero-order chi connectivity index (χ0) is 11.3. The lowest BCUT2D eigenvalue weighted by molar-refractivity contribution is 0.0693. The molecular weight excluding hydrogens is 260 g/mol. The molecule has 0 amide bonds. The van der Waals surface area contributed by atoms with Crippen LogP contribution in [-0.4, -0.2) is 23.5 Å². The molecule has 1 N–H and O–H groups in total. The molecule has 1 aromatic carbocycles. The molecule has 0 aliphatic heterocycles. The third-order valence-corrected chi connectivity index (χ3v) is 2.02. The third-order valence-electron chi connectivity index (χ3n) is 1.74.